The highest BCUT2D eigenvalue weighted by atomic mass is 16.4. The van der Waals surface area contributed by atoms with Crippen LogP contribution in [0.4, 0.5) is 5.69 Å². The minimum absolute atomic E-state index is 0.0739. The number of allylic oxidation sites excluding steroid dienone is 1. The van der Waals surface area contributed by atoms with Gasteiger partial charge >= 0.3 is 0 Å². The summed E-state index contributed by atoms with van der Waals surface area (Å²) in [6.07, 6.45) is 3.01. The molecule has 2 N–H and O–H groups in total. The molecule has 0 fully saturated rings. The molecule has 4 nitrogen and oxygen atoms in total. The Labute approximate surface area is 116 Å². The fraction of sp³-hybridized carbons (Fsp3) is 0. The molecule has 0 amide bonds. The van der Waals surface area contributed by atoms with Crippen molar-refractivity contribution in [3.05, 3.63) is 71.3 Å². The van der Waals surface area contributed by atoms with Gasteiger partial charge in [0.05, 0.1) is 11.7 Å². The quantitative estimate of drug-likeness (QED) is 0.516. The van der Waals surface area contributed by atoms with E-state index in [1.807, 2.05) is 30.3 Å². The first-order valence-electron chi connectivity index (χ1n) is 5.97. The van der Waals surface area contributed by atoms with Crippen molar-refractivity contribution in [3.8, 4) is 0 Å². The van der Waals surface area contributed by atoms with Crippen LogP contribution in [-0.4, -0.2) is 11.8 Å². The molecule has 0 atom stereocenters. The summed E-state index contributed by atoms with van der Waals surface area (Å²) < 4.78 is 0. The van der Waals surface area contributed by atoms with Gasteiger partial charge in [-0.3, -0.25) is 4.79 Å². The first-order valence-corrected chi connectivity index (χ1v) is 5.97. The first kappa shape index (κ1) is 13.5. The van der Waals surface area contributed by atoms with Gasteiger partial charge in [0.25, 0.3) is 0 Å². The second kappa shape index (κ2) is 5.84. The zero-order valence-electron chi connectivity index (χ0n) is 10.6. The van der Waals surface area contributed by atoms with Gasteiger partial charge in [0.1, 0.15) is 0 Å². The summed E-state index contributed by atoms with van der Waals surface area (Å²) in [4.78, 5) is 22.9. The van der Waals surface area contributed by atoms with Crippen molar-refractivity contribution in [3.63, 3.8) is 0 Å². The molecule has 0 aromatic heterocycles. The Bertz CT molecular complexity index is 675. The summed E-state index contributed by atoms with van der Waals surface area (Å²) in [7, 11) is 0. The van der Waals surface area contributed by atoms with Crippen LogP contribution in [0, 0.1) is 0 Å². The van der Waals surface area contributed by atoms with Gasteiger partial charge < -0.3 is 15.6 Å². The number of carbonyl (C=O) groups is 2. The highest BCUT2D eigenvalue weighted by molar-refractivity contribution is 6.12. The summed E-state index contributed by atoms with van der Waals surface area (Å²) in [5.74, 6) is -1.75. The summed E-state index contributed by atoms with van der Waals surface area (Å²) in [5.41, 5.74) is 6.45. The van der Waals surface area contributed by atoms with E-state index >= 15 is 0 Å². The Balaban J connectivity index is 2.28. The van der Waals surface area contributed by atoms with Crippen LogP contribution < -0.4 is 10.8 Å². The van der Waals surface area contributed by atoms with Crippen LogP contribution in [0.2, 0.25) is 0 Å². The lowest BCUT2D eigenvalue weighted by Gasteiger charge is -2.09. The van der Waals surface area contributed by atoms with Crippen molar-refractivity contribution in [1.82, 2.24) is 0 Å². The Morgan fingerprint density at radius 1 is 0.950 bits per heavy atom. The second-order valence-corrected chi connectivity index (χ2v) is 4.16. The number of carboxylic acids is 1. The van der Waals surface area contributed by atoms with Crippen molar-refractivity contribution < 1.29 is 14.7 Å². The number of anilines is 1. The predicted molar refractivity (Wildman–Crippen MR) is 75.0 cm³/mol. The molecule has 20 heavy (non-hydrogen) atoms. The zero-order chi connectivity index (χ0) is 14.5. The molecule has 100 valence electrons. The fourth-order valence-corrected chi connectivity index (χ4v) is 1.78. The topological polar surface area (TPSA) is 83.2 Å². The molecule has 0 aliphatic carbocycles. The number of para-hydroxylation sites is 1. The van der Waals surface area contributed by atoms with Crippen LogP contribution in [0.3, 0.4) is 0 Å². The van der Waals surface area contributed by atoms with E-state index in [-0.39, 0.29) is 22.6 Å². The van der Waals surface area contributed by atoms with Crippen molar-refractivity contribution in [2.75, 3.05) is 5.73 Å². The predicted octanol–water partition coefficient (Wildman–Crippen LogP) is 1.53. The summed E-state index contributed by atoms with van der Waals surface area (Å²) in [5, 5.41) is 10.9. The van der Waals surface area contributed by atoms with E-state index < -0.39 is 5.97 Å². The smallest absolute Gasteiger partial charge is 0.187 e. The van der Waals surface area contributed by atoms with Crippen LogP contribution in [0.1, 0.15) is 26.3 Å². The molecule has 0 saturated carbocycles. The maximum Gasteiger partial charge on any atom is 0.187 e. The summed E-state index contributed by atoms with van der Waals surface area (Å²) >= 11 is 0. The zero-order valence-corrected chi connectivity index (χ0v) is 10.6. The number of hydrogen-bond donors (Lipinski definition) is 1. The average Bonchev–Trinajstić information content (AvgIpc) is 2.46. The van der Waals surface area contributed by atoms with E-state index in [2.05, 4.69) is 0 Å². The molecule has 0 radical (unpaired) electrons. The molecule has 0 aliphatic rings. The molecule has 0 heterocycles. The molecular formula is C16H12NO3-. The monoisotopic (exact) mass is 266 g/mol. The fourth-order valence-electron chi connectivity index (χ4n) is 1.78. The summed E-state index contributed by atoms with van der Waals surface area (Å²) in [6, 6.07) is 13.5. The van der Waals surface area contributed by atoms with E-state index in [0.717, 1.165) is 5.56 Å². The van der Waals surface area contributed by atoms with Crippen molar-refractivity contribution >= 4 is 23.5 Å². The largest absolute Gasteiger partial charge is 0.545 e. The molecule has 0 saturated heterocycles. The van der Waals surface area contributed by atoms with Gasteiger partial charge in [-0.1, -0.05) is 48.5 Å². The van der Waals surface area contributed by atoms with Gasteiger partial charge in [-0.25, -0.2) is 0 Å². The third kappa shape index (κ3) is 2.92. The number of benzene rings is 2. The molecule has 2 aromatic carbocycles. The molecule has 2 rings (SSSR count). The van der Waals surface area contributed by atoms with Crippen LogP contribution >= 0.6 is 0 Å². The molecule has 0 bridgehead atoms. The van der Waals surface area contributed by atoms with Crippen molar-refractivity contribution in [2.24, 2.45) is 0 Å². The minimum Gasteiger partial charge on any atom is -0.545 e. The van der Waals surface area contributed by atoms with Gasteiger partial charge in [-0.2, -0.15) is 0 Å². The van der Waals surface area contributed by atoms with Crippen molar-refractivity contribution in [1.29, 1.82) is 0 Å². The van der Waals surface area contributed by atoms with E-state index in [1.54, 1.807) is 6.08 Å². The van der Waals surface area contributed by atoms with E-state index in [9.17, 15) is 14.7 Å². The Kier molecular flexibility index (Phi) is 3.96. The van der Waals surface area contributed by atoms with E-state index in [4.69, 9.17) is 5.73 Å². The Hall–Kier alpha value is -2.88. The Morgan fingerprint density at radius 2 is 1.60 bits per heavy atom. The number of nitrogens with two attached hydrogens (primary N) is 1. The third-order valence-corrected chi connectivity index (χ3v) is 2.82. The van der Waals surface area contributed by atoms with Crippen LogP contribution in [-0.2, 0) is 0 Å². The van der Waals surface area contributed by atoms with Crippen LogP contribution in [0.25, 0.3) is 6.08 Å². The maximum absolute atomic E-state index is 12.0. The normalized spacial score (nSPS) is 10.6. The van der Waals surface area contributed by atoms with Gasteiger partial charge in [0, 0.05) is 11.1 Å². The molecule has 0 aliphatic heterocycles. The molecular weight excluding hydrogens is 254 g/mol. The average molecular weight is 266 g/mol. The summed E-state index contributed by atoms with van der Waals surface area (Å²) in [6.45, 7) is 0. The maximum atomic E-state index is 12.0. The minimum atomic E-state index is -1.40. The number of rotatable bonds is 4. The SMILES string of the molecule is Nc1c(C(=O)[O-])cccc1C(=O)/C=C/c1ccccc1. The number of aromatic carboxylic acids is 1. The standard InChI is InChI=1S/C16H13NO3/c17-15-12(7-4-8-13(15)16(19)20)14(18)10-9-11-5-2-1-3-6-11/h1-10H,17H2,(H,19,20)/p-1/b10-9+. The first-order chi connectivity index (χ1) is 9.59. The number of ketones is 1. The van der Waals surface area contributed by atoms with Crippen LogP contribution in [0.15, 0.2) is 54.6 Å². The van der Waals surface area contributed by atoms with Gasteiger partial charge in [0.15, 0.2) is 5.78 Å². The number of hydrogen-bond acceptors (Lipinski definition) is 4. The second-order valence-electron chi connectivity index (χ2n) is 4.16. The Morgan fingerprint density at radius 3 is 2.25 bits per heavy atom. The highest BCUT2D eigenvalue weighted by Gasteiger charge is 2.10. The van der Waals surface area contributed by atoms with Crippen molar-refractivity contribution in [2.45, 2.75) is 0 Å². The number of carboxylic acid groups (broad SMARTS) is 1. The molecule has 4 heteroatoms. The lowest BCUT2D eigenvalue weighted by Crippen LogP contribution is -2.24. The van der Waals surface area contributed by atoms with Gasteiger partial charge in [-0.05, 0) is 17.7 Å². The van der Waals surface area contributed by atoms with Gasteiger partial charge in [0.2, 0.25) is 0 Å². The lowest BCUT2D eigenvalue weighted by atomic mass is 10.0. The number of nitrogen functional groups attached to an aromatic ring is 1. The molecule has 2 aromatic rings. The van der Waals surface area contributed by atoms with E-state index in [0.29, 0.717) is 0 Å². The highest BCUT2D eigenvalue weighted by Crippen LogP contribution is 2.18. The third-order valence-electron chi connectivity index (χ3n) is 2.82. The molecule has 0 unspecified atom stereocenters. The number of carbonyl (C=O) groups excluding carboxylic acids is 2. The lowest BCUT2D eigenvalue weighted by molar-refractivity contribution is -0.254. The molecule has 0 spiro atoms. The van der Waals surface area contributed by atoms with E-state index in [1.165, 1.54) is 24.3 Å². The van der Waals surface area contributed by atoms with Gasteiger partial charge in [-0.15, -0.1) is 0 Å². The van der Waals surface area contributed by atoms with Crippen LogP contribution in [0.5, 0.6) is 0 Å².